The number of hydrogen-bond acceptors (Lipinski definition) is 6. The zero-order valence-electron chi connectivity index (χ0n) is 12.5. The highest BCUT2D eigenvalue weighted by Crippen LogP contribution is 2.17. The predicted octanol–water partition coefficient (Wildman–Crippen LogP) is 0.748. The molecule has 6 nitrogen and oxygen atoms in total. The van der Waals surface area contributed by atoms with Gasteiger partial charge in [-0.05, 0) is 24.6 Å². The van der Waals surface area contributed by atoms with Crippen molar-refractivity contribution < 1.29 is 24.3 Å². The van der Waals surface area contributed by atoms with Crippen LogP contribution in [0.4, 0.5) is 0 Å². The first kappa shape index (κ1) is 16.1. The van der Waals surface area contributed by atoms with Crippen LogP contribution in [0, 0.1) is 0 Å². The van der Waals surface area contributed by atoms with E-state index in [9.17, 15) is 10.0 Å². The first-order chi connectivity index (χ1) is 10.6. The minimum Gasteiger partial charge on any atom is -0.497 e. The SMILES string of the molecule is CCOc1cc(OCc2ccc(OC)cc2)ncc1B(O)O. The highest BCUT2D eigenvalue weighted by molar-refractivity contribution is 6.59. The summed E-state index contributed by atoms with van der Waals surface area (Å²) in [6.45, 7) is 2.55. The molecule has 2 rings (SSSR count). The summed E-state index contributed by atoms with van der Waals surface area (Å²) in [6, 6.07) is 9.04. The van der Waals surface area contributed by atoms with Gasteiger partial charge in [-0.15, -0.1) is 0 Å². The van der Waals surface area contributed by atoms with Crippen LogP contribution in [0.1, 0.15) is 12.5 Å². The first-order valence-electron chi connectivity index (χ1n) is 6.88. The van der Waals surface area contributed by atoms with Crippen LogP contribution in [-0.4, -0.2) is 35.9 Å². The number of nitrogens with zero attached hydrogens (tertiary/aromatic N) is 1. The van der Waals surface area contributed by atoms with Crippen molar-refractivity contribution in [1.29, 1.82) is 0 Å². The number of ether oxygens (including phenoxy) is 3. The van der Waals surface area contributed by atoms with Gasteiger partial charge in [0.05, 0.1) is 13.7 Å². The summed E-state index contributed by atoms with van der Waals surface area (Å²) in [5.74, 6) is 1.47. The fourth-order valence-corrected chi connectivity index (χ4v) is 1.86. The van der Waals surface area contributed by atoms with Crippen molar-refractivity contribution in [3.8, 4) is 17.4 Å². The van der Waals surface area contributed by atoms with Gasteiger partial charge in [-0.3, -0.25) is 0 Å². The molecule has 1 heterocycles. The van der Waals surface area contributed by atoms with Gasteiger partial charge in [-0.25, -0.2) is 4.98 Å². The van der Waals surface area contributed by atoms with E-state index in [2.05, 4.69) is 4.98 Å². The molecule has 22 heavy (non-hydrogen) atoms. The summed E-state index contributed by atoms with van der Waals surface area (Å²) >= 11 is 0. The predicted molar refractivity (Wildman–Crippen MR) is 82.6 cm³/mol. The third kappa shape index (κ3) is 4.13. The lowest BCUT2D eigenvalue weighted by molar-refractivity contribution is 0.288. The highest BCUT2D eigenvalue weighted by Gasteiger charge is 2.18. The Morgan fingerprint density at radius 3 is 2.45 bits per heavy atom. The van der Waals surface area contributed by atoms with Gasteiger partial charge in [0.2, 0.25) is 5.88 Å². The second-order valence-electron chi connectivity index (χ2n) is 4.50. The van der Waals surface area contributed by atoms with E-state index >= 15 is 0 Å². The normalized spacial score (nSPS) is 10.2. The summed E-state index contributed by atoms with van der Waals surface area (Å²) in [5, 5.41) is 18.5. The summed E-state index contributed by atoms with van der Waals surface area (Å²) < 4.78 is 16.0. The zero-order valence-corrected chi connectivity index (χ0v) is 12.5. The van der Waals surface area contributed by atoms with E-state index < -0.39 is 7.12 Å². The van der Waals surface area contributed by atoms with Crippen molar-refractivity contribution >= 4 is 12.6 Å². The number of hydrogen-bond donors (Lipinski definition) is 2. The van der Waals surface area contributed by atoms with E-state index in [0.717, 1.165) is 11.3 Å². The molecule has 0 fully saturated rings. The Morgan fingerprint density at radius 1 is 1.14 bits per heavy atom. The molecule has 0 unspecified atom stereocenters. The zero-order chi connectivity index (χ0) is 15.9. The molecule has 0 aliphatic carbocycles. The van der Waals surface area contributed by atoms with Gasteiger partial charge in [0, 0.05) is 17.7 Å². The Hall–Kier alpha value is -2.25. The third-order valence-corrected chi connectivity index (χ3v) is 2.99. The first-order valence-corrected chi connectivity index (χ1v) is 6.88. The number of benzene rings is 1. The van der Waals surface area contributed by atoms with Crippen LogP contribution in [0.2, 0.25) is 0 Å². The topological polar surface area (TPSA) is 81.0 Å². The fraction of sp³-hybridized carbons (Fsp3) is 0.267. The average molecular weight is 303 g/mol. The van der Waals surface area contributed by atoms with Crippen molar-refractivity contribution in [3.63, 3.8) is 0 Å². The molecule has 0 bridgehead atoms. The molecule has 116 valence electrons. The maximum absolute atomic E-state index is 9.26. The summed E-state index contributed by atoms with van der Waals surface area (Å²) in [5.41, 5.74) is 1.17. The standard InChI is InChI=1S/C15H18BNO5/c1-3-21-14-8-15(17-9-13(14)16(18)19)22-10-11-4-6-12(20-2)7-5-11/h4-9,18-19H,3,10H2,1-2H3. The molecule has 0 aliphatic rings. The second kappa shape index (κ2) is 7.67. The number of aromatic nitrogens is 1. The molecule has 0 amide bonds. The molecule has 1 aromatic heterocycles. The van der Waals surface area contributed by atoms with Gasteiger partial charge in [0.15, 0.2) is 0 Å². The highest BCUT2D eigenvalue weighted by atomic mass is 16.5. The van der Waals surface area contributed by atoms with Crippen molar-refractivity contribution in [3.05, 3.63) is 42.1 Å². The molecule has 0 aliphatic heterocycles. The maximum Gasteiger partial charge on any atom is 0.493 e. The van der Waals surface area contributed by atoms with Gasteiger partial charge >= 0.3 is 7.12 Å². The van der Waals surface area contributed by atoms with Crippen LogP contribution in [0.25, 0.3) is 0 Å². The van der Waals surface area contributed by atoms with Crippen molar-refractivity contribution in [2.45, 2.75) is 13.5 Å². The lowest BCUT2D eigenvalue weighted by atomic mass is 9.81. The Balaban J connectivity index is 2.07. The van der Waals surface area contributed by atoms with Gasteiger partial charge in [0.1, 0.15) is 18.1 Å². The minimum atomic E-state index is -1.63. The van der Waals surface area contributed by atoms with Crippen molar-refractivity contribution in [1.82, 2.24) is 4.98 Å². The molecular formula is C15H18BNO5. The van der Waals surface area contributed by atoms with Gasteiger partial charge in [-0.1, -0.05) is 12.1 Å². The smallest absolute Gasteiger partial charge is 0.493 e. The van der Waals surface area contributed by atoms with E-state index in [1.807, 2.05) is 31.2 Å². The monoisotopic (exact) mass is 303 g/mol. The van der Waals surface area contributed by atoms with Crippen LogP contribution in [0.3, 0.4) is 0 Å². The summed E-state index contributed by atoms with van der Waals surface area (Å²) in [6.07, 6.45) is 1.33. The fourth-order valence-electron chi connectivity index (χ4n) is 1.86. The summed E-state index contributed by atoms with van der Waals surface area (Å²) in [7, 11) is -0.0216. The van der Waals surface area contributed by atoms with Crippen molar-refractivity contribution in [2.24, 2.45) is 0 Å². The molecular weight excluding hydrogens is 285 g/mol. The van der Waals surface area contributed by atoms with E-state index in [4.69, 9.17) is 14.2 Å². The molecule has 0 atom stereocenters. The molecule has 2 N–H and O–H groups in total. The van der Waals surface area contributed by atoms with E-state index in [-0.39, 0.29) is 5.46 Å². The molecule has 2 aromatic rings. The van der Waals surface area contributed by atoms with Gasteiger partial charge < -0.3 is 24.3 Å². The second-order valence-corrected chi connectivity index (χ2v) is 4.50. The average Bonchev–Trinajstić information content (AvgIpc) is 2.53. The van der Waals surface area contributed by atoms with Crippen LogP contribution in [0.5, 0.6) is 17.4 Å². The Labute approximate surface area is 129 Å². The number of pyridine rings is 1. The van der Waals surface area contributed by atoms with Crippen LogP contribution < -0.4 is 19.7 Å². The number of rotatable bonds is 7. The molecule has 0 saturated heterocycles. The number of methoxy groups -OCH3 is 1. The summed E-state index contributed by atoms with van der Waals surface area (Å²) in [4.78, 5) is 4.04. The lowest BCUT2D eigenvalue weighted by Crippen LogP contribution is -2.32. The Bertz CT molecular complexity index is 603. The van der Waals surface area contributed by atoms with E-state index in [1.54, 1.807) is 13.2 Å². The van der Waals surface area contributed by atoms with Crippen LogP contribution in [-0.2, 0) is 6.61 Å². The molecule has 0 saturated carbocycles. The molecule has 7 heteroatoms. The molecule has 1 aromatic carbocycles. The van der Waals surface area contributed by atoms with Crippen molar-refractivity contribution in [2.75, 3.05) is 13.7 Å². The Kier molecular flexibility index (Phi) is 5.63. The maximum atomic E-state index is 9.26. The van der Waals surface area contributed by atoms with Crippen LogP contribution in [0.15, 0.2) is 36.5 Å². The van der Waals surface area contributed by atoms with Gasteiger partial charge in [-0.2, -0.15) is 0 Å². The van der Waals surface area contributed by atoms with E-state index in [0.29, 0.717) is 24.8 Å². The lowest BCUT2D eigenvalue weighted by Gasteiger charge is -2.12. The largest absolute Gasteiger partial charge is 0.497 e. The van der Waals surface area contributed by atoms with Gasteiger partial charge in [0.25, 0.3) is 0 Å². The van der Waals surface area contributed by atoms with E-state index in [1.165, 1.54) is 6.20 Å². The quantitative estimate of drug-likeness (QED) is 0.735. The minimum absolute atomic E-state index is 0.207. The molecule has 0 spiro atoms. The third-order valence-electron chi connectivity index (χ3n) is 2.99. The van der Waals surface area contributed by atoms with Crippen LogP contribution >= 0.6 is 0 Å². The molecule has 0 radical (unpaired) electrons. The Morgan fingerprint density at radius 2 is 1.86 bits per heavy atom.